The fourth-order valence-electron chi connectivity index (χ4n) is 0.595. The van der Waals surface area contributed by atoms with Gasteiger partial charge in [-0.2, -0.15) is 0 Å². The molecule has 0 aliphatic rings. The number of aliphatic carboxylic acids is 1. The molecule has 20 heavy (non-hydrogen) atoms. The van der Waals surface area contributed by atoms with Gasteiger partial charge in [0.2, 0.25) is 0 Å². The standard InChI is InChI=1S/C8H18O.C4H6O2.C3H8O2/c1-3-5-7-9-8-6-4-2;1-3(2)4(5)6;1-3(5)2-4/h3-8H2,1-2H3;1H2,2H3,(H,5,6);3-5H,2H2,1H3. The van der Waals surface area contributed by atoms with Gasteiger partial charge in [-0.3, -0.25) is 0 Å². The van der Waals surface area contributed by atoms with E-state index in [9.17, 15) is 4.79 Å². The molecule has 0 aliphatic heterocycles. The zero-order chi connectivity index (χ0) is 16.4. The number of carbonyl (C=O) groups is 1. The summed E-state index contributed by atoms with van der Waals surface area (Å²) in [5.41, 5.74) is 0.176. The van der Waals surface area contributed by atoms with Gasteiger partial charge >= 0.3 is 5.97 Å². The van der Waals surface area contributed by atoms with Crippen molar-refractivity contribution < 1.29 is 24.9 Å². The molecule has 0 heterocycles. The molecule has 0 fully saturated rings. The molecule has 0 radical (unpaired) electrons. The van der Waals surface area contributed by atoms with Crippen LogP contribution >= 0.6 is 0 Å². The first kappa shape index (κ1) is 24.1. The molecule has 0 saturated heterocycles. The second kappa shape index (κ2) is 20.4. The summed E-state index contributed by atoms with van der Waals surface area (Å²) in [6.07, 6.45) is 4.35. The van der Waals surface area contributed by atoms with Crippen LogP contribution in [0.4, 0.5) is 0 Å². The van der Waals surface area contributed by atoms with Crippen LogP contribution in [0.3, 0.4) is 0 Å². The van der Waals surface area contributed by atoms with Crippen molar-refractivity contribution in [2.24, 2.45) is 0 Å². The Hall–Kier alpha value is -0.910. The third kappa shape index (κ3) is 36.0. The number of hydrogen-bond acceptors (Lipinski definition) is 4. The van der Waals surface area contributed by atoms with Gasteiger partial charge in [0.25, 0.3) is 0 Å². The molecule has 3 N–H and O–H groups in total. The third-order valence-electron chi connectivity index (χ3n) is 1.91. The lowest BCUT2D eigenvalue weighted by atomic mass is 10.3. The summed E-state index contributed by atoms with van der Waals surface area (Å²) in [5, 5.41) is 23.9. The normalized spacial score (nSPS) is 10.5. The van der Waals surface area contributed by atoms with E-state index < -0.39 is 12.1 Å². The second-order valence-electron chi connectivity index (χ2n) is 4.44. The molecule has 0 amide bonds. The average Bonchev–Trinajstić information content (AvgIpc) is 2.40. The van der Waals surface area contributed by atoms with Gasteiger partial charge < -0.3 is 20.1 Å². The predicted molar refractivity (Wildman–Crippen MR) is 81.9 cm³/mol. The van der Waals surface area contributed by atoms with E-state index in [1.54, 1.807) is 0 Å². The van der Waals surface area contributed by atoms with E-state index in [0.29, 0.717) is 0 Å². The molecule has 1 unspecified atom stereocenters. The van der Waals surface area contributed by atoms with Crippen LogP contribution in [0.25, 0.3) is 0 Å². The second-order valence-corrected chi connectivity index (χ2v) is 4.44. The van der Waals surface area contributed by atoms with Crippen molar-refractivity contribution in [1.29, 1.82) is 0 Å². The molecule has 1 atom stereocenters. The lowest BCUT2D eigenvalue weighted by molar-refractivity contribution is -0.132. The van der Waals surface area contributed by atoms with E-state index in [1.807, 2.05) is 0 Å². The Morgan fingerprint density at radius 3 is 1.65 bits per heavy atom. The number of carboxylic acid groups (broad SMARTS) is 1. The molecule has 0 spiro atoms. The van der Waals surface area contributed by atoms with Gasteiger partial charge in [-0.05, 0) is 26.7 Å². The van der Waals surface area contributed by atoms with Crippen molar-refractivity contribution in [1.82, 2.24) is 0 Å². The Morgan fingerprint density at radius 1 is 1.20 bits per heavy atom. The zero-order valence-corrected chi connectivity index (χ0v) is 13.4. The Kier molecular flexibility index (Phi) is 24.6. The summed E-state index contributed by atoms with van der Waals surface area (Å²) in [6, 6.07) is 0. The molecule has 0 saturated carbocycles. The Labute approximate surface area is 123 Å². The number of hydrogen-bond donors (Lipinski definition) is 3. The van der Waals surface area contributed by atoms with Crippen molar-refractivity contribution in [3.8, 4) is 0 Å². The summed E-state index contributed by atoms with van der Waals surface area (Å²) in [7, 11) is 0. The van der Waals surface area contributed by atoms with Gasteiger partial charge in [0.1, 0.15) is 0 Å². The predicted octanol–water partition coefficient (Wildman–Crippen LogP) is 2.61. The van der Waals surface area contributed by atoms with Gasteiger partial charge in [-0.1, -0.05) is 33.3 Å². The van der Waals surface area contributed by atoms with Crippen molar-refractivity contribution in [3.63, 3.8) is 0 Å². The molecule has 0 aliphatic carbocycles. The third-order valence-corrected chi connectivity index (χ3v) is 1.91. The fraction of sp³-hybridized carbons (Fsp3) is 0.800. The minimum atomic E-state index is -0.935. The number of carboxylic acids is 1. The van der Waals surface area contributed by atoms with Crippen molar-refractivity contribution in [3.05, 3.63) is 12.2 Å². The zero-order valence-electron chi connectivity index (χ0n) is 13.4. The highest BCUT2D eigenvalue weighted by atomic mass is 16.5. The van der Waals surface area contributed by atoms with Crippen LogP contribution in [0.15, 0.2) is 12.2 Å². The molecule has 5 heteroatoms. The summed E-state index contributed by atoms with van der Waals surface area (Å²) >= 11 is 0. The minimum Gasteiger partial charge on any atom is -0.478 e. The molecular formula is C15H32O5. The van der Waals surface area contributed by atoms with Crippen LogP contribution in [0.1, 0.15) is 53.4 Å². The number of rotatable bonds is 8. The maximum Gasteiger partial charge on any atom is 0.330 e. The van der Waals surface area contributed by atoms with E-state index in [-0.39, 0.29) is 12.2 Å². The van der Waals surface area contributed by atoms with E-state index in [2.05, 4.69) is 20.4 Å². The highest BCUT2D eigenvalue weighted by molar-refractivity contribution is 5.84. The number of aliphatic hydroxyl groups excluding tert-OH is 2. The summed E-state index contributed by atoms with van der Waals surface area (Å²) < 4.78 is 5.31. The SMILES string of the molecule is C=C(C)C(=O)O.CC(O)CO.CCCCOCCCC. The molecule has 0 aromatic heterocycles. The molecule has 0 aromatic carbocycles. The van der Waals surface area contributed by atoms with Crippen molar-refractivity contribution in [2.75, 3.05) is 19.8 Å². The summed E-state index contributed by atoms with van der Waals surface area (Å²) in [6.45, 7) is 12.3. The lowest BCUT2D eigenvalue weighted by Gasteiger charge is -1.99. The number of unbranched alkanes of at least 4 members (excludes halogenated alkanes) is 2. The van der Waals surface area contributed by atoms with Gasteiger partial charge in [-0.15, -0.1) is 0 Å². The van der Waals surface area contributed by atoms with Gasteiger partial charge in [0.05, 0.1) is 12.7 Å². The molecule has 0 bridgehead atoms. The summed E-state index contributed by atoms with van der Waals surface area (Å²) in [4.78, 5) is 9.60. The quantitative estimate of drug-likeness (QED) is 0.473. The van der Waals surface area contributed by atoms with E-state index in [4.69, 9.17) is 20.1 Å². The maximum absolute atomic E-state index is 9.60. The van der Waals surface area contributed by atoms with E-state index in [0.717, 1.165) is 13.2 Å². The van der Waals surface area contributed by atoms with Crippen LogP contribution in [-0.4, -0.2) is 47.2 Å². The highest BCUT2D eigenvalue weighted by Gasteiger charge is 1.90. The first-order valence-electron chi connectivity index (χ1n) is 7.08. The largest absolute Gasteiger partial charge is 0.478 e. The fourth-order valence-corrected chi connectivity index (χ4v) is 0.595. The van der Waals surface area contributed by atoms with Crippen LogP contribution in [0, 0.1) is 0 Å². The van der Waals surface area contributed by atoms with E-state index >= 15 is 0 Å². The molecule has 0 rings (SSSR count). The molecule has 5 nitrogen and oxygen atoms in total. The van der Waals surface area contributed by atoms with Crippen molar-refractivity contribution in [2.45, 2.75) is 59.5 Å². The van der Waals surface area contributed by atoms with Gasteiger partial charge in [-0.25, -0.2) is 4.79 Å². The maximum atomic E-state index is 9.60. The topological polar surface area (TPSA) is 87.0 Å². The van der Waals surface area contributed by atoms with Crippen LogP contribution < -0.4 is 0 Å². The van der Waals surface area contributed by atoms with Gasteiger partial charge in [0.15, 0.2) is 0 Å². The Balaban J connectivity index is -0.000000230. The Morgan fingerprint density at radius 2 is 1.50 bits per heavy atom. The minimum absolute atomic E-state index is 0.139. The smallest absolute Gasteiger partial charge is 0.330 e. The average molecular weight is 292 g/mol. The summed E-state index contributed by atoms with van der Waals surface area (Å²) in [5.74, 6) is -0.935. The van der Waals surface area contributed by atoms with E-state index in [1.165, 1.54) is 39.5 Å². The highest BCUT2D eigenvalue weighted by Crippen LogP contribution is 1.91. The molecule has 122 valence electrons. The first-order valence-corrected chi connectivity index (χ1v) is 7.08. The van der Waals surface area contributed by atoms with Crippen molar-refractivity contribution >= 4 is 5.97 Å². The van der Waals surface area contributed by atoms with Crippen LogP contribution in [0.5, 0.6) is 0 Å². The molecular weight excluding hydrogens is 260 g/mol. The first-order chi connectivity index (χ1) is 9.33. The monoisotopic (exact) mass is 292 g/mol. The van der Waals surface area contributed by atoms with Crippen LogP contribution in [-0.2, 0) is 9.53 Å². The number of aliphatic hydroxyl groups is 2. The van der Waals surface area contributed by atoms with Crippen LogP contribution in [0.2, 0.25) is 0 Å². The number of ether oxygens (including phenoxy) is 1. The molecule has 0 aromatic rings. The van der Waals surface area contributed by atoms with Gasteiger partial charge in [0, 0.05) is 18.8 Å². The lowest BCUT2D eigenvalue weighted by Crippen LogP contribution is -2.03. The Bertz CT molecular complexity index is 196.